The zero-order valence-electron chi connectivity index (χ0n) is 7.20. The molecule has 1 heterocycles. The minimum absolute atomic E-state index is 0.396. The maximum atomic E-state index is 3.98. The van der Waals surface area contributed by atoms with E-state index in [0.717, 1.165) is 12.2 Å². The molecule has 0 aliphatic carbocycles. The summed E-state index contributed by atoms with van der Waals surface area (Å²) >= 11 is 0. The molecule has 0 aromatic carbocycles. The van der Waals surface area contributed by atoms with Crippen LogP contribution in [0.3, 0.4) is 0 Å². The normalized spacial score (nSPS) is 10.9. The molecule has 0 saturated heterocycles. The molecule has 4 nitrogen and oxygen atoms in total. The average Bonchev–Trinajstić information content (AvgIpc) is 2.37. The topological polar surface area (TPSA) is 42.7 Å². The summed E-state index contributed by atoms with van der Waals surface area (Å²) in [6.07, 6.45) is 1.96. The monoisotopic (exact) mass is 154 g/mol. The van der Waals surface area contributed by atoms with Crippen molar-refractivity contribution < 1.29 is 0 Å². The van der Waals surface area contributed by atoms with Crippen LogP contribution in [0.5, 0.6) is 0 Å². The quantitative estimate of drug-likeness (QED) is 0.692. The first-order chi connectivity index (χ1) is 5.24. The van der Waals surface area contributed by atoms with E-state index < -0.39 is 0 Å². The van der Waals surface area contributed by atoms with E-state index in [1.165, 1.54) is 0 Å². The van der Waals surface area contributed by atoms with Crippen LogP contribution in [0, 0.1) is 0 Å². The molecule has 0 aliphatic heterocycles. The highest BCUT2D eigenvalue weighted by Gasteiger charge is 2.00. The van der Waals surface area contributed by atoms with Gasteiger partial charge in [-0.05, 0) is 20.9 Å². The van der Waals surface area contributed by atoms with Gasteiger partial charge >= 0.3 is 0 Å². The van der Waals surface area contributed by atoms with Gasteiger partial charge in [-0.25, -0.2) is 4.68 Å². The van der Waals surface area contributed by atoms with Gasteiger partial charge < -0.3 is 5.32 Å². The fraction of sp³-hybridized carbons (Fsp3) is 0.714. The lowest BCUT2D eigenvalue weighted by atomic mass is 10.4. The first-order valence-electron chi connectivity index (χ1n) is 3.79. The minimum Gasteiger partial charge on any atom is -0.314 e. The molecule has 0 aliphatic rings. The summed E-state index contributed by atoms with van der Waals surface area (Å²) in [5.41, 5.74) is 0.987. The van der Waals surface area contributed by atoms with Crippen molar-refractivity contribution in [2.45, 2.75) is 26.4 Å². The second-order valence-corrected chi connectivity index (χ2v) is 2.81. The molecule has 1 aromatic heterocycles. The van der Waals surface area contributed by atoms with Crippen LogP contribution in [0.1, 0.15) is 25.6 Å². The predicted octanol–water partition coefficient (Wildman–Crippen LogP) is 0.578. The van der Waals surface area contributed by atoms with Crippen molar-refractivity contribution in [3.05, 3.63) is 11.9 Å². The Kier molecular flexibility index (Phi) is 2.59. The molecule has 1 aromatic rings. The van der Waals surface area contributed by atoms with Crippen molar-refractivity contribution in [2.75, 3.05) is 7.05 Å². The van der Waals surface area contributed by atoms with Crippen LogP contribution in [0.4, 0.5) is 0 Å². The Morgan fingerprint density at radius 2 is 2.36 bits per heavy atom. The third-order valence-electron chi connectivity index (χ3n) is 1.44. The van der Waals surface area contributed by atoms with Crippen LogP contribution in [0.2, 0.25) is 0 Å². The van der Waals surface area contributed by atoms with Crippen molar-refractivity contribution in [2.24, 2.45) is 0 Å². The third-order valence-corrected chi connectivity index (χ3v) is 1.44. The van der Waals surface area contributed by atoms with E-state index in [2.05, 4.69) is 29.5 Å². The Morgan fingerprint density at radius 3 is 2.82 bits per heavy atom. The van der Waals surface area contributed by atoms with Crippen molar-refractivity contribution in [1.29, 1.82) is 0 Å². The Bertz CT molecular complexity index is 216. The third kappa shape index (κ3) is 2.01. The van der Waals surface area contributed by atoms with Gasteiger partial charge in [-0.15, -0.1) is 5.10 Å². The molecule has 1 rings (SSSR count). The van der Waals surface area contributed by atoms with Gasteiger partial charge in [0.15, 0.2) is 0 Å². The summed E-state index contributed by atoms with van der Waals surface area (Å²) in [6.45, 7) is 4.95. The number of rotatable bonds is 3. The Labute approximate surface area is 66.6 Å². The summed E-state index contributed by atoms with van der Waals surface area (Å²) in [7, 11) is 1.90. The number of hydrogen-bond acceptors (Lipinski definition) is 3. The molecule has 0 spiro atoms. The smallest absolute Gasteiger partial charge is 0.0964 e. The molecule has 0 unspecified atom stereocenters. The summed E-state index contributed by atoms with van der Waals surface area (Å²) in [4.78, 5) is 0. The van der Waals surface area contributed by atoms with Crippen molar-refractivity contribution in [1.82, 2.24) is 20.3 Å². The summed E-state index contributed by atoms with van der Waals surface area (Å²) in [6, 6.07) is 0.396. The lowest BCUT2D eigenvalue weighted by molar-refractivity contribution is 0.514. The molecule has 0 saturated carbocycles. The highest BCUT2D eigenvalue weighted by atomic mass is 15.4. The lowest BCUT2D eigenvalue weighted by Crippen LogP contribution is -2.05. The first kappa shape index (κ1) is 8.20. The molecule has 0 atom stereocenters. The predicted molar refractivity (Wildman–Crippen MR) is 43.2 cm³/mol. The Morgan fingerprint density at radius 1 is 1.64 bits per heavy atom. The molecule has 1 N–H and O–H groups in total. The van der Waals surface area contributed by atoms with Gasteiger partial charge in [-0.2, -0.15) is 0 Å². The summed E-state index contributed by atoms with van der Waals surface area (Å²) in [5.74, 6) is 0. The van der Waals surface area contributed by atoms with E-state index >= 15 is 0 Å². The minimum atomic E-state index is 0.396. The van der Waals surface area contributed by atoms with Gasteiger partial charge in [0.05, 0.1) is 11.9 Å². The second kappa shape index (κ2) is 3.48. The van der Waals surface area contributed by atoms with Crippen molar-refractivity contribution >= 4 is 0 Å². The summed E-state index contributed by atoms with van der Waals surface area (Å²) in [5, 5.41) is 11.0. The first-order valence-corrected chi connectivity index (χ1v) is 3.79. The van der Waals surface area contributed by atoms with Gasteiger partial charge in [-0.1, -0.05) is 5.21 Å². The molecule has 4 heteroatoms. The molecule has 62 valence electrons. The standard InChI is InChI=1S/C7H14N4/c1-6(2)11-5-7(4-8-3)9-10-11/h5-6,8H,4H2,1-3H3. The van der Waals surface area contributed by atoms with E-state index in [-0.39, 0.29) is 0 Å². The van der Waals surface area contributed by atoms with Gasteiger partial charge in [0.1, 0.15) is 0 Å². The molecule has 0 amide bonds. The number of aromatic nitrogens is 3. The second-order valence-electron chi connectivity index (χ2n) is 2.81. The fourth-order valence-corrected chi connectivity index (χ4v) is 0.828. The van der Waals surface area contributed by atoms with Crippen LogP contribution < -0.4 is 5.32 Å². The zero-order chi connectivity index (χ0) is 8.27. The maximum Gasteiger partial charge on any atom is 0.0964 e. The maximum absolute atomic E-state index is 3.98. The molecular formula is C7H14N4. The number of nitrogens with zero attached hydrogens (tertiary/aromatic N) is 3. The van der Waals surface area contributed by atoms with Gasteiger partial charge in [-0.3, -0.25) is 0 Å². The molecule has 0 fully saturated rings. The van der Waals surface area contributed by atoms with Crippen molar-refractivity contribution in [3.63, 3.8) is 0 Å². The van der Waals surface area contributed by atoms with Gasteiger partial charge in [0.25, 0.3) is 0 Å². The SMILES string of the molecule is CNCc1cn(C(C)C)nn1. The average molecular weight is 154 g/mol. The van der Waals surface area contributed by atoms with E-state index in [1.807, 2.05) is 17.9 Å². The lowest BCUT2D eigenvalue weighted by Gasteiger charge is -2.00. The van der Waals surface area contributed by atoms with Crippen LogP contribution in [0.25, 0.3) is 0 Å². The van der Waals surface area contributed by atoms with Gasteiger partial charge in [0.2, 0.25) is 0 Å². The fourth-order valence-electron chi connectivity index (χ4n) is 0.828. The summed E-state index contributed by atoms with van der Waals surface area (Å²) < 4.78 is 1.85. The molecular weight excluding hydrogens is 140 g/mol. The van der Waals surface area contributed by atoms with E-state index in [9.17, 15) is 0 Å². The van der Waals surface area contributed by atoms with E-state index in [0.29, 0.717) is 6.04 Å². The zero-order valence-corrected chi connectivity index (χ0v) is 7.20. The Balaban J connectivity index is 2.66. The van der Waals surface area contributed by atoms with Crippen LogP contribution in [-0.4, -0.2) is 22.0 Å². The number of hydrogen-bond donors (Lipinski definition) is 1. The highest BCUT2D eigenvalue weighted by Crippen LogP contribution is 2.01. The largest absolute Gasteiger partial charge is 0.314 e. The van der Waals surface area contributed by atoms with E-state index in [1.54, 1.807) is 0 Å². The Hall–Kier alpha value is -0.900. The van der Waals surface area contributed by atoms with E-state index in [4.69, 9.17) is 0 Å². The van der Waals surface area contributed by atoms with Gasteiger partial charge in [0, 0.05) is 12.6 Å². The van der Waals surface area contributed by atoms with Crippen LogP contribution in [-0.2, 0) is 6.54 Å². The van der Waals surface area contributed by atoms with Crippen LogP contribution >= 0.6 is 0 Å². The molecule has 0 bridgehead atoms. The molecule has 11 heavy (non-hydrogen) atoms. The van der Waals surface area contributed by atoms with Crippen molar-refractivity contribution in [3.8, 4) is 0 Å². The van der Waals surface area contributed by atoms with Crippen LogP contribution in [0.15, 0.2) is 6.20 Å². The number of nitrogens with one attached hydrogen (secondary N) is 1. The highest BCUT2D eigenvalue weighted by molar-refractivity contribution is 4.91. The molecule has 0 radical (unpaired) electrons.